The van der Waals surface area contributed by atoms with E-state index in [-0.39, 0.29) is 23.3 Å². The molecule has 0 bridgehead atoms. The molecule has 24 heavy (non-hydrogen) atoms. The van der Waals surface area contributed by atoms with Crippen LogP contribution in [-0.4, -0.2) is 27.7 Å². The number of aromatic nitrogens is 1. The number of anilines is 1. The third-order valence-corrected chi connectivity index (χ3v) is 4.99. The van der Waals surface area contributed by atoms with E-state index in [0.717, 1.165) is 11.1 Å². The van der Waals surface area contributed by atoms with Gasteiger partial charge in [0.25, 0.3) is 5.69 Å². The van der Waals surface area contributed by atoms with Gasteiger partial charge in [0.1, 0.15) is 0 Å². The maximum absolute atomic E-state index is 11.2. The second-order valence-corrected chi connectivity index (χ2v) is 6.47. The molecule has 3 rings (SSSR count). The number of nitrogens with zero attached hydrogens (tertiary/aromatic N) is 2. The van der Waals surface area contributed by atoms with Gasteiger partial charge in [-0.25, -0.2) is 0 Å². The Bertz CT molecular complexity index is 714. The summed E-state index contributed by atoms with van der Waals surface area (Å²) in [5.74, 6) is 0.540. The normalized spacial score (nSPS) is 16.9. The predicted molar refractivity (Wildman–Crippen MR) is 94.1 cm³/mol. The van der Waals surface area contributed by atoms with E-state index in [4.69, 9.17) is 0 Å². The summed E-state index contributed by atoms with van der Waals surface area (Å²) in [7, 11) is 0. The van der Waals surface area contributed by atoms with E-state index in [0.29, 0.717) is 17.7 Å². The van der Waals surface area contributed by atoms with Crippen molar-refractivity contribution in [2.75, 3.05) is 11.9 Å². The Morgan fingerprint density at radius 2 is 2.04 bits per heavy atom. The standard InChI is InChI=1S/C18H23N3O3/c22-11-9-16(13-4-2-1-3-5-13)20-17-6-7-18(21(23)24)15-12-19-10-8-14(15)17/h6-8,10,12-13,16,20,22H,1-5,9,11H2/t16-/m1/s1. The molecule has 0 unspecified atom stereocenters. The van der Waals surface area contributed by atoms with Gasteiger partial charge in [0.15, 0.2) is 0 Å². The van der Waals surface area contributed by atoms with Gasteiger partial charge in [-0.15, -0.1) is 0 Å². The molecule has 0 radical (unpaired) electrons. The van der Waals surface area contributed by atoms with E-state index in [1.54, 1.807) is 18.5 Å². The SMILES string of the molecule is O=[N+]([O-])c1ccc(N[C@H](CCO)C2CCCCC2)c2ccncc12. The molecule has 0 amide bonds. The highest BCUT2D eigenvalue weighted by Crippen LogP contribution is 2.34. The summed E-state index contributed by atoms with van der Waals surface area (Å²) >= 11 is 0. The van der Waals surface area contributed by atoms with E-state index >= 15 is 0 Å². The number of nitro groups is 1. The number of non-ortho nitro benzene ring substituents is 1. The Labute approximate surface area is 141 Å². The van der Waals surface area contributed by atoms with Gasteiger partial charge in [0.2, 0.25) is 0 Å². The first kappa shape index (κ1) is 16.6. The summed E-state index contributed by atoms with van der Waals surface area (Å²) < 4.78 is 0. The molecule has 0 saturated heterocycles. The zero-order valence-corrected chi connectivity index (χ0v) is 13.6. The smallest absolute Gasteiger partial charge is 0.278 e. The van der Waals surface area contributed by atoms with E-state index in [9.17, 15) is 15.2 Å². The first-order valence-electron chi connectivity index (χ1n) is 8.59. The predicted octanol–water partition coefficient (Wildman–Crippen LogP) is 3.89. The molecular formula is C18H23N3O3. The van der Waals surface area contributed by atoms with Gasteiger partial charge < -0.3 is 10.4 Å². The molecule has 2 N–H and O–H groups in total. The molecule has 2 aromatic rings. The van der Waals surface area contributed by atoms with Gasteiger partial charge in [-0.2, -0.15) is 0 Å². The highest BCUT2D eigenvalue weighted by Gasteiger charge is 2.24. The topological polar surface area (TPSA) is 88.3 Å². The van der Waals surface area contributed by atoms with Crippen LogP contribution in [0.15, 0.2) is 30.6 Å². The third kappa shape index (κ3) is 3.48. The van der Waals surface area contributed by atoms with Crippen LogP contribution in [0.5, 0.6) is 0 Å². The summed E-state index contributed by atoms with van der Waals surface area (Å²) in [6.45, 7) is 0.140. The lowest BCUT2D eigenvalue weighted by molar-refractivity contribution is -0.383. The van der Waals surface area contributed by atoms with Gasteiger partial charge in [0.05, 0.1) is 10.3 Å². The fraction of sp³-hybridized carbons (Fsp3) is 0.500. The second kappa shape index (κ2) is 7.57. The number of fused-ring (bicyclic) bond motifs is 1. The molecule has 1 atom stereocenters. The fourth-order valence-corrected chi connectivity index (χ4v) is 3.76. The summed E-state index contributed by atoms with van der Waals surface area (Å²) in [5.41, 5.74) is 0.946. The molecule has 1 aromatic carbocycles. The Morgan fingerprint density at radius 3 is 2.75 bits per heavy atom. The molecule has 1 fully saturated rings. The van der Waals surface area contributed by atoms with Gasteiger partial charge in [-0.3, -0.25) is 15.1 Å². The van der Waals surface area contributed by atoms with Gasteiger partial charge in [-0.1, -0.05) is 19.3 Å². The van der Waals surface area contributed by atoms with E-state index in [1.165, 1.54) is 38.2 Å². The van der Waals surface area contributed by atoms with Crippen LogP contribution in [-0.2, 0) is 0 Å². The lowest BCUT2D eigenvalue weighted by atomic mass is 9.82. The molecule has 1 aliphatic rings. The number of aliphatic hydroxyl groups is 1. The maximum atomic E-state index is 11.2. The lowest BCUT2D eigenvalue weighted by Gasteiger charge is -2.31. The molecule has 6 nitrogen and oxygen atoms in total. The van der Waals surface area contributed by atoms with Crippen molar-refractivity contribution in [1.29, 1.82) is 0 Å². The van der Waals surface area contributed by atoms with Crippen molar-refractivity contribution in [3.63, 3.8) is 0 Å². The molecule has 0 aliphatic heterocycles. The average molecular weight is 329 g/mol. The second-order valence-electron chi connectivity index (χ2n) is 6.47. The summed E-state index contributed by atoms with van der Waals surface area (Å²) in [4.78, 5) is 14.9. The van der Waals surface area contributed by atoms with Gasteiger partial charge >= 0.3 is 0 Å². The van der Waals surface area contributed by atoms with Crippen molar-refractivity contribution in [1.82, 2.24) is 4.98 Å². The highest BCUT2D eigenvalue weighted by molar-refractivity contribution is 5.99. The van der Waals surface area contributed by atoms with Crippen LogP contribution in [0.4, 0.5) is 11.4 Å². The number of benzene rings is 1. The van der Waals surface area contributed by atoms with Crippen molar-refractivity contribution in [3.05, 3.63) is 40.7 Å². The van der Waals surface area contributed by atoms with Gasteiger partial charge in [0, 0.05) is 42.2 Å². The zero-order chi connectivity index (χ0) is 16.9. The van der Waals surface area contributed by atoms with E-state index in [1.807, 2.05) is 6.07 Å². The Hall–Kier alpha value is -2.21. The summed E-state index contributed by atoms with van der Waals surface area (Å²) in [5, 5.41) is 25.6. The van der Waals surface area contributed by atoms with Crippen LogP contribution < -0.4 is 5.32 Å². The number of hydrogen-bond acceptors (Lipinski definition) is 5. The summed E-state index contributed by atoms with van der Waals surface area (Å²) in [6.07, 6.45) is 9.98. The van der Waals surface area contributed by atoms with Crippen LogP contribution in [0, 0.1) is 16.0 Å². The first-order valence-corrected chi connectivity index (χ1v) is 8.59. The number of rotatable bonds is 6. The molecule has 1 saturated carbocycles. The number of nitrogens with one attached hydrogen (secondary N) is 1. The number of hydrogen-bond donors (Lipinski definition) is 2. The van der Waals surface area contributed by atoms with Crippen molar-refractivity contribution in [3.8, 4) is 0 Å². The molecule has 0 spiro atoms. The van der Waals surface area contributed by atoms with Crippen LogP contribution in [0.1, 0.15) is 38.5 Å². The third-order valence-electron chi connectivity index (χ3n) is 4.99. The molecule has 6 heteroatoms. The molecule has 128 valence electrons. The number of pyridine rings is 1. The van der Waals surface area contributed by atoms with Crippen LogP contribution in [0.25, 0.3) is 10.8 Å². The lowest BCUT2D eigenvalue weighted by Crippen LogP contribution is -2.31. The largest absolute Gasteiger partial charge is 0.396 e. The monoisotopic (exact) mass is 329 g/mol. The highest BCUT2D eigenvalue weighted by atomic mass is 16.6. The van der Waals surface area contributed by atoms with Crippen molar-refractivity contribution < 1.29 is 10.0 Å². The molecule has 1 aliphatic carbocycles. The van der Waals surface area contributed by atoms with Crippen molar-refractivity contribution >= 4 is 22.1 Å². The number of nitro benzene ring substituents is 1. The Morgan fingerprint density at radius 1 is 1.25 bits per heavy atom. The molecular weight excluding hydrogens is 306 g/mol. The number of aliphatic hydroxyl groups excluding tert-OH is 1. The first-order chi connectivity index (χ1) is 11.7. The average Bonchev–Trinajstić information content (AvgIpc) is 2.62. The van der Waals surface area contributed by atoms with Gasteiger partial charge in [-0.05, 0) is 37.3 Å². The molecule has 1 heterocycles. The van der Waals surface area contributed by atoms with Crippen LogP contribution >= 0.6 is 0 Å². The Balaban J connectivity index is 1.93. The fourth-order valence-electron chi connectivity index (χ4n) is 3.76. The minimum atomic E-state index is -0.375. The minimum absolute atomic E-state index is 0.0695. The van der Waals surface area contributed by atoms with Crippen molar-refractivity contribution in [2.24, 2.45) is 5.92 Å². The van der Waals surface area contributed by atoms with Crippen LogP contribution in [0.3, 0.4) is 0 Å². The maximum Gasteiger partial charge on any atom is 0.278 e. The van der Waals surface area contributed by atoms with E-state index < -0.39 is 0 Å². The summed E-state index contributed by atoms with van der Waals surface area (Å²) in [6, 6.07) is 5.30. The zero-order valence-electron chi connectivity index (χ0n) is 13.6. The quantitative estimate of drug-likeness (QED) is 0.620. The minimum Gasteiger partial charge on any atom is -0.396 e. The molecule has 1 aromatic heterocycles. The Kier molecular flexibility index (Phi) is 5.25. The van der Waals surface area contributed by atoms with Crippen molar-refractivity contribution in [2.45, 2.75) is 44.6 Å². The van der Waals surface area contributed by atoms with Crippen LogP contribution in [0.2, 0.25) is 0 Å². The van der Waals surface area contributed by atoms with E-state index in [2.05, 4.69) is 10.3 Å².